The van der Waals surface area contributed by atoms with Crippen molar-refractivity contribution >= 4 is 76.3 Å². The molecule has 0 bridgehead atoms. The third-order valence-corrected chi connectivity index (χ3v) is 11.6. The molecule has 0 spiro atoms. The summed E-state index contributed by atoms with van der Waals surface area (Å²) in [6, 6.07) is 55.9. The van der Waals surface area contributed by atoms with E-state index in [2.05, 4.69) is 173 Å². The molecule has 0 saturated carbocycles. The first kappa shape index (κ1) is 28.0. The Balaban J connectivity index is 1.05. The van der Waals surface area contributed by atoms with Crippen molar-refractivity contribution in [3.05, 3.63) is 181 Å². The van der Waals surface area contributed by atoms with Crippen LogP contribution in [0.2, 0.25) is 0 Å². The van der Waals surface area contributed by atoms with Crippen LogP contribution in [0.3, 0.4) is 0 Å². The topological polar surface area (TPSA) is 22.8 Å². The molecule has 0 amide bonds. The van der Waals surface area contributed by atoms with Crippen LogP contribution in [0.4, 0.5) is 0 Å². The van der Waals surface area contributed by atoms with Crippen LogP contribution in [0.25, 0.3) is 93.1 Å². The van der Waals surface area contributed by atoms with E-state index in [1.165, 1.54) is 98.7 Å². The molecular weight excluding hydrogens is 631 g/mol. The van der Waals surface area contributed by atoms with Crippen molar-refractivity contribution in [1.29, 1.82) is 0 Å². The van der Waals surface area contributed by atoms with Gasteiger partial charge in [-0.15, -0.1) is 0 Å². The van der Waals surface area contributed by atoms with Crippen molar-refractivity contribution in [3.63, 3.8) is 0 Å². The Morgan fingerprint density at radius 3 is 2.15 bits per heavy atom. The lowest BCUT2D eigenvalue weighted by Crippen LogP contribution is -2.10. The van der Waals surface area contributed by atoms with Crippen LogP contribution in [0.5, 0.6) is 0 Å². The van der Waals surface area contributed by atoms with E-state index in [1.807, 2.05) is 6.20 Å². The SMILES string of the molecule is C1=CC(n2c3ccc(-c4ccc5c(c4)c4ccccc4n5-c4ccccc4)cc3c3c4ccccc4ccc32)CC2=C1c1cccc3ccnc2c13. The number of rotatable bonds is 3. The Bertz CT molecular complexity index is 3200. The van der Waals surface area contributed by atoms with Crippen LogP contribution in [-0.4, -0.2) is 14.1 Å². The van der Waals surface area contributed by atoms with Crippen LogP contribution in [-0.2, 0) is 0 Å². The van der Waals surface area contributed by atoms with Gasteiger partial charge in [0.1, 0.15) is 0 Å². The fourth-order valence-corrected chi connectivity index (χ4v) is 9.40. The van der Waals surface area contributed by atoms with Gasteiger partial charge in [-0.3, -0.25) is 4.98 Å². The number of benzene rings is 7. The number of hydrogen-bond donors (Lipinski definition) is 0. The molecule has 10 aromatic rings. The minimum Gasteiger partial charge on any atom is -0.333 e. The highest BCUT2D eigenvalue weighted by Crippen LogP contribution is 2.49. The average Bonchev–Trinajstić information content (AvgIpc) is 3.84. The second kappa shape index (κ2) is 10.4. The molecule has 2 aliphatic rings. The number of fused-ring (bicyclic) bond motifs is 10. The number of allylic oxidation sites excluding steroid dienone is 4. The molecule has 3 nitrogen and oxygen atoms in total. The van der Waals surface area contributed by atoms with Crippen LogP contribution in [0.1, 0.15) is 23.7 Å². The van der Waals surface area contributed by atoms with E-state index < -0.39 is 0 Å². The summed E-state index contributed by atoms with van der Waals surface area (Å²) >= 11 is 0. The first-order valence-electron chi connectivity index (χ1n) is 18.1. The molecule has 7 aromatic carbocycles. The Hall–Kier alpha value is -6.71. The zero-order chi connectivity index (χ0) is 33.9. The zero-order valence-corrected chi connectivity index (χ0v) is 28.3. The summed E-state index contributed by atoms with van der Waals surface area (Å²) < 4.78 is 4.97. The van der Waals surface area contributed by atoms with Gasteiger partial charge in [0.2, 0.25) is 0 Å². The van der Waals surface area contributed by atoms with E-state index in [-0.39, 0.29) is 6.04 Å². The molecule has 0 aliphatic heterocycles. The minimum absolute atomic E-state index is 0.164. The molecule has 12 rings (SSSR count). The van der Waals surface area contributed by atoms with Gasteiger partial charge in [-0.05, 0) is 105 Å². The molecule has 0 saturated heterocycles. The number of para-hydroxylation sites is 2. The lowest BCUT2D eigenvalue weighted by Gasteiger charge is -2.23. The van der Waals surface area contributed by atoms with E-state index in [1.54, 1.807) is 0 Å². The lowest BCUT2D eigenvalue weighted by atomic mass is 9.93. The van der Waals surface area contributed by atoms with Gasteiger partial charge in [-0.25, -0.2) is 0 Å². The lowest BCUT2D eigenvalue weighted by molar-refractivity contribution is 0.657. The van der Waals surface area contributed by atoms with E-state index in [4.69, 9.17) is 4.98 Å². The first-order valence-corrected chi connectivity index (χ1v) is 18.1. The van der Waals surface area contributed by atoms with Crippen LogP contribution in [0, 0.1) is 0 Å². The van der Waals surface area contributed by atoms with Crippen LogP contribution >= 0.6 is 0 Å². The molecule has 1 atom stereocenters. The van der Waals surface area contributed by atoms with Gasteiger partial charge in [0, 0.05) is 44.3 Å². The Morgan fingerprint density at radius 1 is 0.519 bits per heavy atom. The summed E-state index contributed by atoms with van der Waals surface area (Å²) in [5.74, 6) is 0. The molecule has 1 unspecified atom stereocenters. The fourth-order valence-electron chi connectivity index (χ4n) is 9.40. The molecule has 3 heterocycles. The van der Waals surface area contributed by atoms with Crippen molar-refractivity contribution in [2.45, 2.75) is 12.5 Å². The maximum Gasteiger partial charge on any atom is 0.0753 e. The van der Waals surface area contributed by atoms with Gasteiger partial charge in [0.15, 0.2) is 0 Å². The van der Waals surface area contributed by atoms with Gasteiger partial charge < -0.3 is 9.13 Å². The van der Waals surface area contributed by atoms with E-state index in [0.29, 0.717) is 0 Å². The van der Waals surface area contributed by atoms with Crippen LogP contribution in [0.15, 0.2) is 170 Å². The second-order valence-electron chi connectivity index (χ2n) is 14.3. The highest BCUT2D eigenvalue weighted by molar-refractivity contribution is 6.22. The zero-order valence-electron chi connectivity index (χ0n) is 28.3. The van der Waals surface area contributed by atoms with E-state index >= 15 is 0 Å². The highest BCUT2D eigenvalue weighted by Gasteiger charge is 2.30. The molecule has 3 heteroatoms. The van der Waals surface area contributed by atoms with Crippen LogP contribution < -0.4 is 0 Å². The Kier molecular flexibility index (Phi) is 5.61. The standard InChI is InChI=1S/C49H31N3/c1-2-11-34(12-3-1)51-43-16-7-6-14-38(43)40-27-32(18-22-44(40)51)33-19-23-45-42(28-33)48-36-13-5-4-9-30(36)17-24-46(48)52(45)35-20-21-37-39-15-8-10-31-25-26-50-49(47(31)39)41(37)29-35/h1-28,35H,29H2. The van der Waals surface area contributed by atoms with Crippen molar-refractivity contribution in [1.82, 2.24) is 14.1 Å². The monoisotopic (exact) mass is 661 g/mol. The number of nitrogens with zero attached hydrogens (tertiary/aromatic N) is 3. The van der Waals surface area contributed by atoms with Gasteiger partial charge in [-0.1, -0.05) is 109 Å². The summed E-state index contributed by atoms with van der Waals surface area (Å²) in [6.45, 7) is 0. The molecular formula is C49H31N3. The fraction of sp³-hybridized carbons (Fsp3) is 0.0408. The maximum atomic E-state index is 4.94. The third kappa shape index (κ3) is 3.77. The molecule has 0 N–H and O–H groups in total. The largest absolute Gasteiger partial charge is 0.333 e. The van der Waals surface area contributed by atoms with Gasteiger partial charge in [0.05, 0.1) is 28.3 Å². The third-order valence-electron chi connectivity index (χ3n) is 11.6. The van der Waals surface area contributed by atoms with Crippen molar-refractivity contribution in [2.24, 2.45) is 0 Å². The Morgan fingerprint density at radius 2 is 1.25 bits per heavy atom. The summed E-state index contributed by atoms with van der Waals surface area (Å²) in [7, 11) is 0. The van der Waals surface area contributed by atoms with Crippen molar-refractivity contribution in [2.75, 3.05) is 0 Å². The van der Waals surface area contributed by atoms with Gasteiger partial charge >= 0.3 is 0 Å². The summed E-state index contributed by atoms with van der Waals surface area (Å²) in [5, 5.41) is 10.3. The quantitative estimate of drug-likeness (QED) is 0.185. The smallest absolute Gasteiger partial charge is 0.0753 e. The highest BCUT2D eigenvalue weighted by atomic mass is 15.0. The second-order valence-corrected chi connectivity index (χ2v) is 14.3. The average molecular weight is 662 g/mol. The predicted molar refractivity (Wildman–Crippen MR) is 218 cm³/mol. The van der Waals surface area contributed by atoms with Gasteiger partial charge in [-0.2, -0.15) is 0 Å². The number of pyridine rings is 1. The molecule has 3 aromatic heterocycles. The van der Waals surface area contributed by atoms with Gasteiger partial charge in [0.25, 0.3) is 0 Å². The number of hydrogen-bond acceptors (Lipinski definition) is 1. The molecule has 2 aliphatic carbocycles. The van der Waals surface area contributed by atoms with Crippen molar-refractivity contribution in [3.8, 4) is 16.8 Å². The summed E-state index contributed by atoms with van der Waals surface area (Å²) in [5.41, 5.74) is 13.7. The molecule has 52 heavy (non-hydrogen) atoms. The Labute approximate surface area is 300 Å². The molecule has 0 radical (unpaired) electrons. The normalized spacial score (nSPS) is 15.3. The molecule has 0 fully saturated rings. The minimum atomic E-state index is 0.164. The van der Waals surface area contributed by atoms with E-state index in [0.717, 1.165) is 12.1 Å². The first-order chi connectivity index (χ1) is 25.8. The number of aromatic nitrogens is 3. The van der Waals surface area contributed by atoms with E-state index in [9.17, 15) is 0 Å². The van der Waals surface area contributed by atoms with Crippen molar-refractivity contribution < 1.29 is 0 Å². The predicted octanol–water partition coefficient (Wildman–Crippen LogP) is 12.7. The summed E-state index contributed by atoms with van der Waals surface area (Å²) in [4.78, 5) is 4.94. The maximum absolute atomic E-state index is 4.94. The molecule has 242 valence electrons. The summed E-state index contributed by atoms with van der Waals surface area (Å²) in [6.07, 6.45) is 7.65.